The van der Waals surface area contributed by atoms with Crippen LogP contribution in [-0.4, -0.2) is 30.6 Å². The fourth-order valence-corrected chi connectivity index (χ4v) is 2.91. The van der Waals surface area contributed by atoms with Crippen molar-refractivity contribution in [3.63, 3.8) is 0 Å². The summed E-state index contributed by atoms with van der Waals surface area (Å²) in [7, 11) is 1.56. The van der Waals surface area contributed by atoms with Gasteiger partial charge < -0.3 is 15.2 Å². The van der Waals surface area contributed by atoms with Gasteiger partial charge in [-0.1, -0.05) is 23.8 Å². The van der Waals surface area contributed by atoms with Crippen molar-refractivity contribution in [2.45, 2.75) is 32.6 Å². The summed E-state index contributed by atoms with van der Waals surface area (Å²) in [5.41, 5.74) is 2.75. The maximum Gasteiger partial charge on any atom is 0.308 e. The predicted octanol–water partition coefficient (Wildman–Crippen LogP) is 2.56. The van der Waals surface area contributed by atoms with Crippen molar-refractivity contribution in [3.8, 4) is 5.75 Å². The fraction of sp³-hybridized carbons (Fsp3) is 0.444. The van der Waals surface area contributed by atoms with Crippen molar-refractivity contribution < 1.29 is 19.4 Å². The van der Waals surface area contributed by atoms with Crippen LogP contribution in [0.15, 0.2) is 35.4 Å². The number of hydrogen-bond donors (Lipinski definition) is 2. The zero-order valence-electron chi connectivity index (χ0n) is 13.6. The van der Waals surface area contributed by atoms with Gasteiger partial charge in [0.05, 0.1) is 13.0 Å². The number of amides is 1. The molecule has 1 atom stereocenters. The molecule has 23 heavy (non-hydrogen) atoms. The minimum absolute atomic E-state index is 0.114. The quantitative estimate of drug-likeness (QED) is 0.810. The Morgan fingerprint density at radius 2 is 2.04 bits per heavy atom. The summed E-state index contributed by atoms with van der Waals surface area (Å²) in [4.78, 5) is 23.7. The lowest BCUT2D eigenvalue weighted by atomic mass is 9.98. The zero-order chi connectivity index (χ0) is 16.8. The molecular formula is C18H23NO4. The van der Waals surface area contributed by atoms with E-state index in [1.54, 1.807) is 13.2 Å². The molecule has 124 valence electrons. The molecule has 0 saturated heterocycles. The first-order valence-corrected chi connectivity index (χ1v) is 7.84. The molecular weight excluding hydrogens is 294 g/mol. The number of methoxy groups -OCH3 is 1. The van der Waals surface area contributed by atoms with Gasteiger partial charge in [0.15, 0.2) is 0 Å². The lowest BCUT2D eigenvalue weighted by molar-refractivity contribution is -0.141. The molecule has 0 radical (unpaired) electrons. The van der Waals surface area contributed by atoms with Crippen LogP contribution in [0.1, 0.15) is 31.7 Å². The first-order valence-electron chi connectivity index (χ1n) is 7.84. The summed E-state index contributed by atoms with van der Waals surface area (Å²) < 4.78 is 5.26. The summed E-state index contributed by atoms with van der Waals surface area (Å²) in [6.07, 6.45) is 3.05. The van der Waals surface area contributed by atoms with Crippen LogP contribution in [0, 0.1) is 5.92 Å². The van der Waals surface area contributed by atoms with Crippen LogP contribution >= 0.6 is 0 Å². The Balaban J connectivity index is 2.01. The van der Waals surface area contributed by atoms with Crippen LogP contribution in [0.2, 0.25) is 0 Å². The molecule has 5 heteroatoms. The number of hydrogen-bond acceptors (Lipinski definition) is 3. The largest absolute Gasteiger partial charge is 0.496 e. The lowest BCUT2D eigenvalue weighted by Crippen LogP contribution is -2.34. The third-order valence-corrected chi connectivity index (χ3v) is 4.28. The molecule has 1 amide bonds. The van der Waals surface area contributed by atoms with Crippen LogP contribution in [-0.2, 0) is 16.0 Å². The van der Waals surface area contributed by atoms with Gasteiger partial charge in [-0.2, -0.15) is 0 Å². The molecule has 1 aliphatic carbocycles. The number of ether oxygens (including phenoxy) is 1. The van der Waals surface area contributed by atoms with Crippen molar-refractivity contribution in [2.24, 2.45) is 5.92 Å². The van der Waals surface area contributed by atoms with Crippen molar-refractivity contribution in [3.05, 3.63) is 41.0 Å². The molecule has 0 heterocycles. The van der Waals surface area contributed by atoms with Gasteiger partial charge in [0.1, 0.15) is 5.75 Å². The molecule has 1 aromatic rings. The molecule has 0 bridgehead atoms. The highest BCUT2D eigenvalue weighted by atomic mass is 16.5. The van der Waals surface area contributed by atoms with Gasteiger partial charge in [-0.3, -0.25) is 9.59 Å². The van der Waals surface area contributed by atoms with Gasteiger partial charge in [0, 0.05) is 12.1 Å². The third kappa shape index (κ3) is 4.34. The van der Waals surface area contributed by atoms with Gasteiger partial charge >= 0.3 is 5.97 Å². The number of nitrogens with one attached hydrogen (secondary N) is 1. The summed E-state index contributed by atoms with van der Waals surface area (Å²) >= 11 is 0. The number of para-hydroxylation sites is 1. The summed E-state index contributed by atoms with van der Waals surface area (Å²) in [5, 5.41) is 12.2. The molecule has 5 nitrogen and oxygen atoms in total. The maximum absolute atomic E-state index is 12.2. The minimum atomic E-state index is -0.923. The van der Waals surface area contributed by atoms with Crippen LogP contribution in [0.3, 0.4) is 0 Å². The normalized spacial score (nSPS) is 15.4. The van der Waals surface area contributed by atoms with E-state index < -0.39 is 11.9 Å². The van der Waals surface area contributed by atoms with Gasteiger partial charge in [-0.05, 0) is 44.2 Å². The minimum Gasteiger partial charge on any atom is -0.496 e. The molecule has 0 aliphatic heterocycles. The summed E-state index contributed by atoms with van der Waals surface area (Å²) in [6, 6.07) is 7.34. The Bertz CT molecular complexity index is 621. The van der Waals surface area contributed by atoms with E-state index in [0.29, 0.717) is 12.2 Å². The average molecular weight is 317 g/mol. The Labute approximate surface area is 136 Å². The number of carbonyl (C=O) groups excluding carboxylic acids is 1. The summed E-state index contributed by atoms with van der Waals surface area (Å²) in [6.45, 7) is 2.08. The van der Waals surface area contributed by atoms with Crippen LogP contribution in [0.25, 0.3) is 0 Å². The molecule has 1 aliphatic rings. The number of carboxylic acids is 1. The molecule has 1 aromatic carbocycles. The van der Waals surface area contributed by atoms with E-state index in [9.17, 15) is 14.7 Å². The number of carboxylic acid groups (broad SMARTS) is 1. The average Bonchev–Trinajstić information content (AvgIpc) is 2.97. The zero-order valence-corrected chi connectivity index (χ0v) is 13.6. The molecule has 0 fully saturated rings. The smallest absolute Gasteiger partial charge is 0.308 e. The van der Waals surface area contributed by atoms with E-state index >= 15 is 0 Å². The number of allylic oxidation sites excluding steroid dienone is 1. The number of aliphatic carboxylic acids is 1. The fourth-order valence-electron chi connectivity index (χ4n) is 2.91. The van der Waals surface area contributed by atoms with Crippen molar-refractivity contribution in [1.29, 1.82) is 0 Å². The van der Waals surface area contributed by atoms with Crippen molar-refractivity contribution in [1.82, 2.24) is 5.32 Å². The van der Waals surface area contributed by atoms with E-state index in [2.05, 4.69) is 5.32 Å². The van der Waals surface area contributed by atoms with Gasteiger partial charge in [0.25, 0.3) is 0 Å². The second kappa shape index (κ2) is 7.81. The van der Waals surface area contributed by atoms with Crippen LogP contribution in [0.5, 0.6) is 5.75 Å². The monoisotopic (exact) mass is 317 g/mol. The topological polar surface area (TPSA) is 75.6 Å². The van der Waals surface area contributed by atoms with E-state index in [-0.39, 0.29) is 12.5 Å². The lowest BCUT2D eigenvalue weighted by Gasteiger charge is -2.16. The Hall–Kier alpha value is -2.30. The van der Waals surface area contributed by atoms with E-state index in [4.69, 9.17) is 4.74 Å². The maximum atomic E-state index is 12.2. The number of rotatable bonds is 7. The highest BCUT2D eigenvalue weighted by Crippen LogP contribution is 2.25. The van der Waals surface area contributed by atoms with Crippen molar-refractivity contribution in [2.75, 3.05) is 13.7 Å². The Kier molecular flexibility index (Phi) is 5.79. The third-order valence-electron chi connectivity index (χ3n) is 4.28. The second-order valence-corrected chi connectivity index (χ2v) is 5.87. The summed E-state index contributed by atoms with van der Waals surface area (Å²) in [5.74, 6) is -1.07. The van der Waals surface area contributed by atoms with E-state index in [1.165, 1.54) is 0 Å². The molecule has 0 aromatic heterocycles. The van der Waals surface area contributed by atoms with E-state index in [0.717, 1.165) is 36.0 Å². The highest BCUT2D eigenvalue weighted by molar-refractivity contribution is 5.94. The predicted molar refractivity (Wildman–Crippen MR) is 87.4 cm³/mol. The standard InChI is InChI=1S/C18H23NO4/c1-12-6-5-8-15(12)17(20)19-11-14(18(21)22)10-13-7-3-4-9-16(13)23-2/h3-4,7,9,14H,5-6,8,10-11H2,1-2H3,(H,19,20)(H,21,22). The number of carbonyl (C=O) groups is 2. The van der Waals surface area contributed by atoms with Crippen molar-refractivity contribution >= 4 is 11.9 Å². The number of benzene rings is 1. The van der Waals surface area contributed by atoms with Crippen LogP contribution < -0.4 is 10.1 Å². The van der Waals surface area contributed by atoms with Gasteiger partial charge in [-0.15, -0.1) is 0 Å². The second-order valence-electron chi connectivity index (χ2n) is 5.87. The van der Waals surface area contributed by atoms with E-state index in [1.807, 2.05) is 25.1 Å². The molecule has 2 N–H and O–H groups in total. The molecule has 2 rings (SSSR count). The molecule has 0 spiro atoms. The SMILES string of the molecule is COc1ccccc1CC(CNC(=O)C1=C(C)CCC1)C(=O)O. The highest BCUT2D eigenvalue weighted by Gasteiger charge is 2.23. The molecule has 1 unspecified atom stereocenters. The van der Waals surface area contributed by atoms with Gasteiger partial charge in [-0.25, -0.2) is 0 Å². The van der Waals surface area contributed by atoms with Crippen LogP contribution in [0.4, 0.5) is 0 Å². The Morgan fingerprint density at radius 3 is 2.65 bits per heavy atom. The first-order chi connectivity index (χ1) is 11.0. The first kappa shape index (κ1) is 17.1. The van der Waals surface area contributed by atoms with Gasteiger partial charge in [0.2, 0.25) is 5.91 Å². The Morgan fingerprint density at radius 1 is 1.30 bits per heavy atom. The molecule has 0 saturated carbocycles.